The first-order valence-corrected chi connectivity index (χ1v) is 7.43. The van der Waals surface area contributed by atoms with Gasteiger partial charge in [-0.3, -0.25) is 0 Å². The van der Waals surface area contributed by atoms with Crippen molar-refractivity contribution in [3.8, 4) is 12.3 Å². The summed E-state index contributed by atoms with van der Waals surface area (Å²) in [7, 11) is -0.210. The monoisotopic (exact) mass is 280 g/mol. The Morgan fingerprint density at radius 1 is 1.37 bits per heavy atom. The molecule has 0 bridgehead atoms. The van der Waals surface area contributed by atoms with Gasteiger partial charge in [0.25, 0.3) is 0 Å². The molecule has 0 spiro atoms. The van der Waals surface area contributed by atoms with Crippen molar-refractivity contribution in [1.82, 2.24) is 9.62 Å². The van der Waals surface area contributed by atoms with E-state index in [0.717, 1.165) is 16.7 Å². The molecule has 19 heavy (non-hydrogen) atoms. The van der Waals surface area contributed by atoms with E-state index in [2.05, 4.69) is 11.2 Å². The molecule has 0 aliphatic heterocycles. The van der Waals surface area contributed by atoms with Crippen LogP contribution in [0.4, 0.5) is 0 Å². The van der Waals surface area contributed by atoms with E-state index in [1.807, 2.05) is 27.0 Å². The van der Waals surface area contributed by atoms with Crippen LogP contribution in [0.2, 0.25) is 0 Å². The minimum Gasteiger partial charge on any atom is -0.316 e. The van der Waals surface area contributed by atoms with Crippen LogP contribution in [0.15, 0.2) is 17.0 Å². The maximum Gasteiger partial charge on any atom is 0.243 e. The second-order valence-electron chi connectivity index (χ2n) is 4.53. The summed E-state index contributed by atoms with van der Waals surface area (Å²) >= 11 is 0. The Balaban J connectivity index is 3.37. The molecule has 0 atom stereocenters. The molecule has 1 N–H and O–H groups in total. The minimum atomic E-state index is -3.53. The molecule has 1 aromatic carbocycles. The summed E-state index contributed by atoms with van der Waals surface area (Å²) in [5, 5.41) is 3.02. The highest BCUT2D eigenvalue weighted by Gasteiger charge is 2.23. The van der Waals surface area contributed by atoms with E-state index in [4.69, 9.17) is 6.42 Å². The van der Waals surface area contributed by atoms with E-state index in [9.17, 15) is 8.42 Å². The molecular formula is C14H20N2O2S. The zero-order chi connectivity index (χ0) is 14.6. The lowest BCUT2D eigenvalue weighted by atomic mass is 10.1. The summed E-state index contributed by atoms with van der Waals surface area (Å²) in [6, 6.07) is 3.70. The van der Waals surface area contributed by atoms with Crippen molar-refractivity contribution in [2.75, 3.05) is 20.6 Å². The van der Waals surface area contributed by atoms with Gasteiger partial charge < -0.3 is 5.32 Å². The molecular weight excluding hydrogens is 260 g/mol. The number of hydrogen-bond acceptors (Lipinski definition) is 3. The van der Waals surface area contributed by atoms with Crippen molar-refractivity contribution in [1.29, 1.82) is 0 Å². The molecule has 0 aromatic heterocycles. The summed E-state index contributed by atoms with van der Waals surface area (Å²) in [6.45, 7) is 4.42. The fourth-order valence-corrected chi connectivity index (χ4v) is 3.28. The van der Waals surface area contributed by atoms with Crippen LogP contribution in [0.3, 0.4) is 0 Å². The molecule has 0 aliphatic carbocycles. The lowest BCUT2D eigenvalue weighted by Crippen LogP contribution is -2.28. The highest BCUT2D eigenvalue weighted by Crippen LogP contribution is 2.23. The Kier molecular flexibility index (Phi) is 5.12. The number of benzene rings is 1. The number of nitrogens with zero attached hydrogens (tertiary/aromatic N) is 1. The molecule has 0 fully saturated rings. The molecule has 0 saturated carbocycles. The number of terminal acetylenes is 1. The number of nitrogens with one attached hydrogen (secondary N) is 1. The minimum absolute atomic E-state index is 0.0665. The van der Waals surface area contributed by atoms with Crippen LogP contribution in [-0.2, 0) is 16.6 Å². The number of hydrogen-bond donors (Lipinski definition) is 1. The van der Waals surface area contributed by atoms with Gasteiger partial charge in [-0.2, -0.15) is 4.31 Å². The van der Waals surface area contributed by atoms with Crippen LogP contribution in [0.5, 0.6) is 0 Å². The Morgan fingerprint density at radius 3 is 2.53 bits per heavy atom. The first kappa shape index (κ1) is 15.7. The summed E-state index contributed by atoms with van der Waals surface area (Å²) in [5.74, 6) is 2.35. The average Bonchev–Trinajstić information content (AvgIpc) is 2.34. The van der Waals surface area contributed by atoms with E-state index in [0.29, 0.717) is 11.4 Å². The lowest BCUT2D eigenvalue weighted by molar-refractivity contribution is 0.502. The zero-order valence-corrected chi connectivity index (χ0v) is 12.6. The highest BCUT2D eigenvalue weighted by molar-refractivity contribution is 7.89. The molecule has 1 aromatic rings. The van der Waals surface area contributed by atoms with Gasteiger partial charge in [0.15, 0.2) is 0 Å². The van der Waals surface area contributed by atoms with Crippen molar-refractivity contribution >= 4 is 10.0 Å². The fourth-order valence-electron chi connectivity index (χ4n) is 1.85. The van der Waals surface area contributed by atoms with Gasteiger partial charge in [-0.15, -0.1) is 6.42 Å². The van der Waals surface area contributed by atoms with Crippen molar-refractivity contribution in [3.05, 3.63) is 28.8 Å². The summed E-state index contributed by atoms with van der Waals surface area (Å²) in [6.07, 6.45) is 5.18. The second-order valence-corrected chi connectivity index (χ2v) is 6.54. The average molecular weight is 280 g/mol. The molecule has 0 radical (unpaired) electrons. The highest BCUT2D eigenvalue weighted by atomic mass is 32.2. The van der Waals surface area contributed by atoms with Crippen molar-refractivity contribution in [2.45, 2.75) is 25.3 Å². The van der Waals surface area contributed by atoms with Gasteiger partial charge in [0.1, 0.15) is 0 Å². The Morgan fingerprint density at radius 2 is 2.00 bits per heavy atom. The van der Waals surface area contributed by atoms with Gasteiger partial charge in [0.2, 0.25) is 10.0 Å². The van der Waals surface area contributed by atoms with Crippen LogP contribution >= 0.6 is 0 Å². The van der Waals surface area contributed by atoms with Gasteiger partial charge in [-0.05, 0) is 43.7 Å². The molecule has 0 saturated heterocycles. The van der Waals surface area contributed by atoms with Crippen molar-refractivity contribution in [2.24, 2.45) is 0 Å². The van der Waals surface area contributed by atoms with Crippen molar-refractivity contribution < 1.29 is 8.42 Å². The summed E-state index contributed by atoms with van der Waals surface area (Å²) in [4.78, 5) is 0.329. The number of sulfonamides is 1. The summed E-state index contributed by atoms with van der Waals surface area (Å²) in [5.41, 5.74) is 2.67. The fraction of sp³-hybridized carbons (Fsp3) is 0.429. The van der Waals surface area contributed by atoms with Crippen LogP contribution in [0.1, 0.15) is 16.7 Å². The van der Waals surface area contributed by atoms with E-state index in [1.165, 1.54) is 11.4 Å². The third-order valence-electron chi connectivity index (χ3n) is 3.06. The van der Waals surface area contributed by atoms with E-state index in [1.54, 1.807) is 6.07 Å². The topological polar surface area (TPSA) is 49.4 Å². The second kappa shape index (κ2) is 6.20. The normalized spacial score (nSPS) is 11.6. The van der Waals surface area contributed by atoms with Gasteiger partial charge in [0, 0.05) is 13.6 Å². The molecule has 0 aliphatic rings. The summed E-state index contributed by atoms with van der Waals surface area (Å²) < 4.78 is 26.1. The van der Waals surface area contributed by atoms with Gasteiger partial charge >= 0.3 is 0 Å². The predicted octanol–water partition coefficient (Wildman–Crippen LogP) is 1.28. The SMILES string of the molecule is C#CCN(C)S(=O)(=O)c1cc(CNC)cc(C)c1C. The molecule has 4 nitrogen and oxygen atoms in total. The molecule has 104 valence electrons. The standard InChI is InChI=1S/C14H20N2O2S/c1-6-7-16(5)19(17,18)14-9-13(10-15-4)8-11(2)12(14)3/h1,8-9,15H,7,10H2,2-5H3. The van der Waals surface area contributed by atoms with Gasteiger partial charge in [0.05, 0.1) is 11.4 Å². The van der Waals surface area contributed by atoms with E-state index >= 15 is 0 Å². The molecule has 0 amide bonds. The molecule has 0 heterocycles. The van der Waals surface area contributed by atoms with Crippen LogP contribution < -0.4 is 5.32 Å². The van der Waals surface area contributed by atoms with Crippen LogP contribution in [-0.4, -0.2) is 33.4 Å². The zero-order valence-electron chi connectivity index (χ0n) is 11.8. The van der Waals surface area contributed by atoms with Gasteiger partial charge in [-0.1, -0.05) is 12.0 Å². The Bertz CT molecular complexity index is 601. The third-order valence-corrected chi connectivity index (χ3v) is 4.99. The molecule has 1 rings (SSSR count). The quantitative estimate of drug-likeness (QED) is 0.827. The predicted molar refractivity (Wildman–Crippen MR) is 77.3 cm³/mol. The molecule has 0 unspecified atom stereocenters. The van der Waals surface area contributed by atoms with Crippen molar-refractivity contribution in [3.63, 3.8) is 0 Å². The maximum atomic E-state index is 12.5. The third kappa shape index (κ3) is 3.35. The van der Waals surface area contributed by atoms with Crippen LogP contribution in [0.25, 0.3) is 0 Å². The van der Waals surface area contributed by atoms with Gasteiger partial charge in [-0.25, -0.2) is 8.42 Å². The van der Waals surface area contributed by atoms with Crippen LogP contribution in [0, 0.1) is 26.2 Å². The van der Waals surface area contributed by atoms with E-state index < -0.39 is 10.0 Å². The first-order chi connectivity index (χ1) is 8.84. The molecule has 5 heteroatoms. The largest absolute Gasteiger partial charge is 0.316 e. The number of aryl methyl sites for hydroxylation is 1. The maximum absolute atomic E-state index is 12.5. The number of rotatable bonds is 5. The first-order valence-electron chi connectivity index (χ1n) is 5.99. The Hall–Kier alpha value is -1.35. The lowest BCUT2D eigenvalue weighted by Gasteiger charge is -2.18. The van der Waals surface area contributed by atoms with E-state index in [-0.39, 0.29) is 6.54 Å². The Labute approximate surface area is 115 Å². The smallest absolute Gasteiger partial charge is 0.243 e.